The van der Waals surface area contributed by atoms with E-state index in [1.54, 1.807) is 6.08 Å². The van der Waals surface area contributed by atoms with Gasteiger partial charge < -0.3 is 36.0 Å². The Labute approximate surface area is 236 Å². The lowest BCUT2D eigenvalue weighted by atomic mass is 9.70. The lowest BCUT2D eigenvalue weighted by Gasteiger charge is -2.53. The third-order valence-corrected chi connectivity index (χ3v) is 9.92. The van der Waals surface area contributed by atoms with Gasteiger partial charge in [0.25, 0.3) is 18.7 Å². The number of rotatable bonds is 10. The van der Waals surface area contributed by atoms with E-state index < -0.39 is 47.2 Å². The maximum atomic E-state index is 13.0. The summed E-state index contributed by atoms with van der Waals surface area (Å²) >= 11 is 2.07. The highest BCUT2D eigenvalue weighted by molar-refractivity contribution is 8.00. The van der Waals surface area contributed by atoms with Crippen molar-refractivity contribution in [2.24, 2.45) is 16.3 Å². The first-order valence-corrected chi connectivity index (χ1v) is 14.3. The number of primary amides is 1. The zero-order valence-corrected chi connectivity index (χ0v) is 22.8. The minimum Gasteiger partial charge on any atom is -0.543 e. The molecule has 3 amide bonds. The van der Waals surface area contributed by atoms with Crippen molar-refractivity contribution in [1.82, 2.24) is 19.6 Å². The number of fused-ring (bicyclic) bond motifs is 4. The van der Waals surface area contributed by atoms with E-state index in [1.807, 2.05) is 6.08 Å². The number of oxime groups is 1. The Morgan fingerprint density at radius 2 is 2.00 bits per heavy atom. The van der Waals surface area contributed by atoms with Crippen molar-refractivity contribution in [3.05, 3.63) is 29.2 Å². The number of nitrogens with one attached hydrogen (secondary N) is 1. The molecule has 4 fully saturated rings. The van der Waals surface area contributed by atoms with Gasteiger partial charge in [-0.1, -0.05) is 11.2 Å². The van der Waals surface area contributed by atoms with Crippen LogP contribution in [0.15, 0.2) is 28.6 Å². The first-order valence-electron chi connectivity index (χ1n) is 12.5. The van der Waals surface area contributed by atoms with E-state index in [4.69, 9.17) is 11.5 Å². The first-order chi connectivity index (χ1) is 19.1. The number of aromatic nitrogens is 2. The second-order valence-electron chi connectivity index (χ2n) is 10.1. The number of quaternary nitrogens is 1. The molecule has 6 rings (SSSR count). The molecule has 0 unspecified atom stereocenters. The van der Waals surface area contributed by atoms with Crippen LogP contribution in [0.1, 0.15) is 25.1 Å². The normalized spacial score (nSPS) is 29.8. The summed E-state index contributed by atoms with van der Waals surface area (Å²) in [6.07, 6.45) is 5.85. The van der Waals surface area contributed by atoms with Crippen LogP contribution in [0, 0.1) is 5.41 Å². The minimum absolute atomic E-state index is 0.0398. The summed E-state index contributed by atoms with van der Waals surface area (Å²) in [5.74, 6) is -3.23. The van der Waals surface area contributed by atoms with Gasteiger partial charge >= 0.3 is 0 Å². The molecule has 6 heterocycles. The number of β-lactam (4-membered cyclic amide) rings is 1. The number of carboxylic acids is 1. The lowest BCUT2D eigenvalue weighted by molar-refractivity contribution is -0.939. The van der Waals surface area contributed by atoms with Crippen molar-refractivity contribution in [3.8, 4) is 0 Å². The monoisotopic (exact) mass is 594 g/mol. The molecule has 214 valence electrons. The summed E-state index contributed by atoms with van der Waals surface area (Å²) < 4.78 is 17.2. The number of nitrogens with two attached hydrogens (primary N) is 2. The number of thioether (sulfide) groups is 1. The minimum atomic E-state index is -1.50. The number of piperidine rings is 3. The Morgan fingerprint density at radius 1 is 1.30 bits per heavy atom. The van der Waals surface area contributed by atoms with Crippen molar-refractivity contribution in [2.75, 3.05) is 44.5 Å². The zero-order valence-electron chi connectivity index (χ0n) is 21.2. The Hall–Kier alpha value is -3.57. The fraction of sp³-hybridized carbons (Fsp3) is 0.522. The Morgan fingerprint density at radius 3 is 2.58 bits per heavy atom. The van der Waals surface area contributed by atoms with Gasteiger partial charge in [0, 0.05) is 36.5 Å². The van der Waals surface area contributed by atoms with E-state index in [2.05, 4.69) is 24.7 Å². The molecule has 14 nitrogen and oxygen atoms in total. The summed E-state index contributed by atoms with van der Waals surface area (Å²) in [7, 11) is 0. The molecular weight excluding hydrogens is 567 g/mol. The number of carbonyl (C=O) groups excluding carboxylic acids is 4. The predicted octanol–water partition coefficient (Wildman–Crippen LogP) is -1.79. The van der Waals surface area contributed by atoms with Crippen molar-refractivity contribution < 1.29 is 38.0 Å². The van der Waals surface area contributed by atoms with E-state index >= 15 is 0 Å². The standard InChI is InChI=1S/C23H27FN8O6S2/c24-11-38-29-13(16-28-22(26)40-30-16)17(33)27-14-18(34)31-15(20(35)36)12(10-39-19(14)31)2-1-6-32-7-3-23(4-8-32,5-9-32)21(25)37/h1-2,14,19H,3-11H2,(H5-,25,26,27,28,30,33,35,36,37)/b2-1+,29-13-/t14-,19+,23?,32?/m1/s1. The van der Waals surface area contributed by atoms with Crippen LogP contribution in [0.3, 0.4) is 0 Å². The van der Waals surface area contributed by atoms with Crippen LogP contribution < -0.4 is 21.9 Å². The number of halogens is 1. The molecule has 40 heavy (non-hydrogen) atoms. The molecule has 0 aliphatic carbocycles. The van der Waals surface area contributed by atoms with Gasteiger partial charge in [-0.05, 0) is 11.6 Å². The van der Waals surface area contributed by atoms with Gasteiger partial charge in [0.2, 0.25) is 17.4 Å². The first kappa shape index (κ1) is 28.0. The number of nitrogens with zero attached hydrogens (tertiary/aromatic N) is 5. The highest BCUT2D eigenvalue weighted by atomic mass is 32.2. The topological polar surface area (TPSA) is 206 Å². The van der Waals surface area contributed by atoms with Crippen LogP contribution >= 0.6 is 23.3 Å². The van der Waals surface area contributed by atoms with E-state index in [1.165, 1.54) is 11.8 Å². The number of nitrogen functional groups attached to an aromatic ring is 1. The number of hydrogen-bond donors (Lipinski definition) is 3. The van der Waals surface area contributed by atoms with Crippen LogP contribution in [0.25, 0.3) is 0 Å². The summed E-state index contributed by atoms with van der Waals surface area (Å²) in [4.78, 5) is 59.1. The fourth-order valence-corrected chi connectivity index (χ4v) is 7.45. The predicted molar refractivity (Wildman–Crippen MR) is 139 cm³/mol. The van der Waals surface area contributed by atoms with Crippen LogP contribution in [0.5, 0.6) is 0 Å². The van der Waals surface area contributed by atoms with E-state index in [-0.39, 0.29) is 28.3 Å². The number of anilines is 1. The van der Waals surface area contributed by atoms with E-state index in [9.17, 15) is 28.7 Å². The number of hydrogen-bond acceptors (Lipinski definition) is 12. The molecular formula is C23H27FN8O6S2. The summed E-state index contributed by atoms with van der Waals surface area (Å²) in [5, 5.41) is 17.3. The van der Waals surface area contributed by atoms with Gasteiger partial charge in [0.05, 0.1) is 43.3 Å². The lowest BCUT2D eigenvalue weighted by Crippen LogP contribution is -2.71. The molecule has 0 saturated carbocycles. The third kappa shape index (κ3) is 4.92. The van der Waals surface area contributed by atoms with Crippen molar-refractivity contribution in [3.63, 3.8) is 0 Å². The molecule has 5 N–H and O–H groups in total. The maximum absolute atomic E-state index is 13.0. The summed E-state index contributed by atoms with van der Waals surface area (Å²) in [5.41, 5.74) is 10.5. The molecule has 1 aromatic heterocycles. The molecule has 2 bridgehead atoms. The molecule has 17 heteroatoms. The molecule has 1 aromatic rings. The van der Waals surface area contributed by atoms with Gasteiger partial charge in [0.15, 0.2) is 5.13 Å². The molecule has 5 aliphatic heterocycles. The SMILES string of the molecule is NC(=O)C12CC[N+](C/C=C/C3=C(C(=O)[O-])N4C(=O)[C@@H](NC(=O)/C(=N\OCF)c5nsc(N)n5)[C@@H]4SC3)(CC1)CC2. The van der Waals surface area contributed by atoms with E-state index in [0.29, 0.717) is 12.1 Å². The fourth-order valence-electron chi connectivity index (χ4n) is 5.70. The molecule has 5 aliphatic rings. The summed E-state index contributed by atoms with van der Waals surface area (Å²) in [6, 6.07) is -1.07. The third-order valence-electron chi connectivity index (χ3n) is 8.08. The number of aliphatic carboxylic acids is 1. The van der Waals surface area contributed by atoms with Crippen molar-refractivity contribution in [1.29, 1.82) is 0 Å². The van der Waals surface area contributed by atoms with Crippen LogP contribution in [0.4, 0.5) is 9.52 Å². The highest BCUT2D eigenvalue weighted by Crippen LogP contribution is 2.44. The summed E-state index contributed by atoms with van der Waals surface area (Å²) in [6.45, 7) is 1.83. The largest absolute Gasteiger partial charge is 0.543 e. The van der Waals surface area contributed by atoms with Gasteiger partial charge in [0.1, 0.15) is 11.4 Å². The quantitative estimate of drug-likeness (QED) is 0.120. The van der Waals surface area contributed by atoms with Crippen LogP contribution in [-0.4, -0.2) is 98.4 Å². The molecule has 2 atom stereocenters. The molecule has 0 aromatic carbocycles. The van der Waals surface area contributed by atoms with Gasteiger partial charge in [-0.15, -0.1) is 11.8 Å². The van der Waals surface area contributed by atoms with E-state index in [0.717, 1.165) is 59.8 Å². The Kier molecular flexibility index (Phi) is 7.54. The number of allylic oxidation sites excluding steroid dienone is 1. The smallest absolute Gasteiger partial charge is 0.278 e. The second kappa shape index (κ2) is 10.8. The molecule has 4 saturated heterocycles. The highest BCUT2D eigenvalue weighted by Gasteiger charge is 2.54. The van der Waals surface area contributed by atoms with Gasteiger partial charge in [-0.2, -0.15) is 9.36 Å². The van der Waals surface area contributed by atoms with Crippen LogP contribution in [0.2, 0.25) is 0 Å². The Bertz CT molecular complexity index is 1320. The number of carbonyl (C=O) groups is 4. The Balaban J connectivity index is 1.27. The average molecular weight is 595 g/mol. The molecule has 0 radical (unpaired) electrons. The van der Waals surface area contributed by atoms with Crippen molar-refractivity contribution >= 4 is 57.8 Å². The van der Waals surface area contributed by atoms with Gasteiger partial charge in [-0.3, -0.25) is 19.3 Å². The number of alkyl halides is 1. The maximum Gasteiger partial charge on any atom is 0.278 e. The zero-order chi connectivity index (χ0) is 28.7. The second-order valence-corrected chi connectivity index (χ2v) is 12.0. The van der Waals surface area contributed by atoms with Crippen molar-refractivity contribution in [2.45, 2.75) is 30.7 Å². The number of amides is 3. The van der Waals surface area contributed by atoms with Gasteiger partial charge in [-0.25, -0.2) is 4.39 Å². The van der Waals surface area contributed by atoms with Crippen LogP contribution in [-0.2, 0) is 24.0 Å². The molecule has 0 spiro atoms. The number of carboxylic acid groups (broad SMARTS) is 1. The average Bonchev–Trinajstić information content (AvgIpc) is 3.38.